The van der Waals surface area contributed by atoms with Gasteiger partial charge in [0.2, 0.25) is 0 Å². The number of rotatable bonds is 7. The van der Waals surface area contributed by atoms with E-state index in [1.165, 1.54) is 18.3 Å². The van der Waals surface area contributed by atoms with Gasteiger partial charge in [-0.2, -0.15) is 5.10 Å². The predicted molar refractivity (Wildman–Crippen MR) is 100 cm³/mol. The third kappa shape index (κ3) is 5.45. The second-order valence-corrected chi connectivity index (χ2v) is 5.85. The summed E-state index contributed by atoms with van der Waals surface area (Å²) in [7, 11) is 3.81. The van der Waals surface area contributed by atoms with E-state index < -0.39 is 10.8 Å². The number of hydrogen-bond acceptors (Lipinski definition) is 6. The summed E-state index contributed by atoms with van der Waals surface area (Å²) in [6.45, 7) is -0.213. The fraction of sp³-hybridized carbons (Fsp3) is 0.176. The van der Waals surface area contributed by atoms with Crippen LogP contribution in [0.2, 0.25) is 5.02 Å². The van der Waals surface area contributed by atoms with E-state index in [2.05, 4.69) is 10.5 Å². The lowest BCUT2D eigenvalue weighted by Crippen LogP contribution is -2.24. The van der Waals surface area contributed by atoms with Crippen LogP contribution in [0, 0.1) is 10.1 Å². The van der Waals surface area contributed by atoms with Crippen LogP contribution in [-0.2, 0) is 4.79 Å². The molecule has 2 rings (SSSR count). The number of ether oxygens (including phenoxy) is 1. The molecule has 0 aliphatic heterocycles. The second kappa shape index (κ2) is 8.82. The minimum atomic E-state index is -0.589. The maximum Gasteiger partial charge on any atom is 0.288 e. The summed E-state index contributed by atoms with van der Waals surface area (Å²) in [6, 6.07) is 11.5. The molecule has 1 N–H and O–H groups in total. The summed E-state index contributed by atoms with van der Waals surface area (Å²) >= 11 is 5.73. The molecule has 26 heavy (non-hydrogen) atoms. The number of nitro benzene ring substituents is 1. The Labute approximate surface area is 155 Å². The smallest absolute Gasteiger partial charge is 0.288 e. The van der Waals surface area contributed by atoms with Crippen molar-refractivity contribution in [1.82, 2.24) is 5.43 Å². The Kier molecular flexibility index (Phi) is 6.51. The van der Waals surface area contributed by atoms with Gasteiger partial charge in [-0.1, -0.05) is 23.7 Å². The van der Waals surface area contributed by atoms with Crippen molar-refractivity contribution in [3.05, 3.63) is 63.2 Å². The third-order valence-corrected chi connectivity index (χ3v) is 3.59. The average molecular weight is 377 g/mol. The number of halogens is 1. The lowest BCUT2D eigenvalue weighted by molar-refractivity contribution is -0.384. The molecule has 0 aromatic heterocycles. The first-order chi connectivity index (χ1) is 12.4. The van der Waals surface area contributed by atoms with Crippen molar-refractivity contribution >= 4 is 35.1 Å². The summed E-state index contributed by atoms with van der Waals surface area (Å²) in [4.78, 5) is 23.9. The Bertz CT molecular complexity index is 839. The van der Waals surface area contributed by atoms with E-state index in [0.29, 0.717) is 11.3 Å². The number of hydrazone groups is 1. The zero-order valence-corrected chi connectivity index (χ0v) is 14.9. The van der Waals surface area contributed by atoms with Gasteiger partial charge in [-0.3, -0.25) is 14.9 Å². The Morgan fingerprint density at radius 3 is 2.81 bits per heavy atom. The van der Waals surface area contributed by atoms with E-state index in [4.69, 9.17) is 16.3 Å². The number of carbonyl (C=O) groups is 1. The van der Waals surface area contributed by atoms with Crippen molar-refractivity contribution in [3.63, 3.8) is 0 Å². The Balaban J connectivity index is 1.89. The standard InChI is InChI=1S/C17H17ClN4O4/c1-21(2)13-4-3-5-14(9-13)26-11-17(23)20-19-10-12-6-7-15(18)16(8-12)22(24)25/h3-10H,11H2,1-2H3,(H,20,23)/b19-10+. The van der Waals surface area contributed by atoms with E-state index in [0.717, 1.165) is 5.69 Å². The van der Waals surface area contributed by atoms with Crippen molar-refractivity contribution in [1.29, 1.82) is 0 Å². The highest BCUT2D eigenvalue weighted by molar-refractivity contribution is 6.32. The molecule has 136 valence electrons. The SMILES string of the molecule is CN(C)c1cccc(OCC(=O)N/N=C/c2ccc(Cl)c([N+](=O)[O-])c2)c1. The van der Waals surface area contributed by atoms with Gasteiger partial charge in [0, 0.05) is 37.5 Å². The number of nitrogens with zero attached hydrogens (tertiary/aromatic N) is 3. The molecule has 0 fully saturated rings. The summed E-state index contributed by atoms with van der Waals surface area (Å²) in [6.07, 6.45) is 1.29. The van der Waals surface area contributed by atoms with Gasteiger partial charge >= 0.3 is 0 Å². The molecule has 0 aliphatic rings. The third-order valence-electron chi connectivity index (χ3n) is 3.27. The predicted octanol–water partition coefficient (Wildman–Crippen LogP) is 2.84. The summed E-state index contributed by atoms with van der Waals surface area (Å²) in [5.74, 6) is 0.101. The quantitative estimate of drug-likeness (QED) is 0.455. The van der Waals surface area contributed by atoms with Gasteiger partial charge in [-0.25, -0.2) is 5.43 Å². The van der Waals surface area contributed by atoms with Gasteiger partial charge in [0.1, 0.15) is 10.8 Å². The largest absolute Gasteiger partial charge is 0.484 e. The number of amides is 1. The molecule has 0 radical (unpaired) electrons. The molecule has 0 spiro atoms. The van der Waals surface area contributed by atoms with Crippen LogP contribution in [0.15, 0.2) is 47.6 Å². The molecule has 1 amide bonds. The molecule has 0 aliphatic carbocycles. The minimum Gasteiger partial charge on any atom is -0.484 e. The van der Waals surface area contributed by atoms with Gasteiger partial charge in [0.05, 0.1) is 11.1 Å². The van der Waals surface area contributed by atoms with Crippen molar-refractivity contribution < 1.29 is 14.5 Å². The van der Waals surface area contributed by atoms with Crippen LogP contribution in [-0.4, -0.2) is 37.7 Å². The molecule has 2 aromatic rings. The summed E-state index contributed by atoms with van der Waals surface area (Å²) < 4.78 is 5.41. The Hall–Kier alpha value is -3.13. The van der Waals surface area contributed by atoms with Crippen LogP contribution in [0.3, 0.4) is 0 Å². The van der Waals surface area contributed by atoms with Crippen LogP contribution in [0.4, 0.5) is 11.4 Å². The Morgan fingerprint density at radius 2 is 2.12 bits per heavy atom. The van der Waals surface area contributed by atoms with Crippen LogP contribution in [0.25, 0.3) is 0 Å². The van der Waals surface area contributed by atoms with Crippen molar-refractivity contribution in [2.45, 2.75) is 0 Å². The van der Waals surface area contributed by atoms with Crippen molar-refractivity contribution in [2.24, 2.45) is 5.10 Å². The molecule has 0 heterocycles. The van der Waals surface area contributed by atoms with Gasteiger partial charge < -0.3 is 9.64 Å². The minimum absolute atomic E-state index is 0.0320. The van der Waals surface area contributed by atoms with Gasteiger partial charge in [0.25, 0.3) is 11.6 Å². The molecule has 2 aromatic carbocycles. The number of benzene rings is 2. The maximum atomic E-state index is 11.8. The fourth-order valence-corrected chi connectivity index (χ4v) is 2.15. The van der Waals surface area contributed by atoms with Crippen LogP contribution in [0.5, 0.6) is 5.75 Å². The van der Waals surface area contributed by atoms with Gasteiger partial charge in [0.15, 0.2) is 6.61 Å². The number of anilines is 1. The van der Waals surface area contributed by atoms with E-state index in [1.54, 1.807) is 12.1 Å². The van der Waals surface area contributed by atoms with Gasteiger partial charge in [-0.05, 0) is 18.2 Å². The van der Waals surface area contributed by atoms with Crippen LogP contribution >= 0.6 is 11.6 Å². The van der Waals surface area contributed by atoms with Crippen molar-refractivity contribution in [2.75, 3.05) is 25.6 Å². The average Bonchev–Trinajstić information content (AvgIpc) is 2.61. The molecule has 0 bridgehead atoms. The number of hydrogen-bond donors (Lipinski definition) is 1. The fourth-order valence-electron chi connectivity index (χ4n) is 1.96. The van der Waals surface area contributed by atoms with Crippen LogP contribution in [0.1, 0.15) is 5.56 Å². The first-order valence-electron chi connectivity index (χ1n) is 7.53. The monoisotopic (exact) mass is 376 g/mol. The van der Waals surface area contributed by atoms with Gasteiger partial charge in [-0.15, -0.1) is 0 Å². The number of nitrogens with one attached hydrogen (secondary N) is 1. The van der Waals surface area contributed by atoms with E-state index >= 15 is 0 Å². The maximum absolute atomic E-state index is 11.8. The molecule has 0 unspecified atom stereocenters. The van der Waals surface area contributed by atoms with E-state index in [1.807, 2.05) is 37.2 Å². The highest BCUT2D eigenvalue weighted by Crippen LogP contribution is 2.24. The van der Waals surface area contributed by atoms with E-state index in [9.17, 15) is 14.9 Å². The lowest BCUT2D eigenvalue weighted by atomic mass is 10.2. The highest BCUT2D eigenvalue weighted by Gasteiger charge is 2.11. The Morgan fingerprint density at radius 1 is 1.35 bits per heavy atom. The first-order valence-corrected chi connectivity index (χ1v) is 7.90. The molecule has 8 nitrogen and oxygen atoms in total. The molecule has 0 saturated heterocycles. The molecule has 9 heteroatoms. The normalized spacial score (nSPS) is 10.6. The molecule has 0 atom stereocenters. The zero-order chi connectivity index (χ0) is 19.1. The van der Waals surface area contributed by atoms with E-state index in [-0.39, 0.29) is 17.3 Å². The second-order valence-electron chi connectivity index (χ2n) is 5.44. The molecule has 0 saturated carbocycles. The van der Waals surface area contributed by atoms with Crippen molar-refractivity contribution in [3.8, 4) is 5.75 Å². The molecular formula is C17H17ClN4O4. The number of carbonyl (C=O) groups excluding carboxylic acids is 1. The summed E-state index contributed by atoms with van der Waals surface area (Å²) in [5, 5.41) is 14.6. The highest BCUT2D eigenvalue weighted by atomic mass is 35.5. The first kappa shape index (κ1) is 19.2. The van der Waals surface area contributed by atoms with Crippen LogP contribution < -0.4 is 15.1 Å². The topological polar surface area (TPSA) is 97.1 Å². The number of nitro groups is 1. The summed E-state index contributed by atoms with van der Waals surface area (Å²) in [5.41, 5.74) is 3.44. The zero-order valence-electron chi connectivity index (χ0n) is 14.2. The molecular weight excluding hydrogens is 360 g/mol. The lowest BCUT2D eigenvalue weighted by Gasteiger charge is -2.13.